The zero-order valence-corrected chi connectivity index (χ0v) is 20.3. The molecule has 7 nitrogen and oxygen atoms in total. The Bertz CT molecular complexity index is 1000. The second kappa shape index (κ2) is 12.0. The smallest absolute Gasteiger partial charge is 0.264 e. The number of carbonyl (C=O) groups is 1. The molecule has 0 spiro atoms. The Morgan fingerprint density at radius 2 is 1.79 bits per heavy atom. The van der Waals surface area contributed by atoms with Gasteiger partial charge in [0.05, 0.1) is 23.3 Å². The van der Waals surface area contributed by atoms with Gasteiger partial charge in [0, 0.05) is 13.2 Å². The van der Waals surface area contributed by atoms with Gasteiger partial charge in [-0.3, -0.25) is 9.10 Å². The van der Waals surface area contributed by atoms with Crippen molar-refractivity contribution >= 4 is 21.6 Å². The predicted octanol–water partition coefficient (Wildman–Crippen LogP) is 4.05. The van der Waals surface area contributed by atoms with E-state index in [1.165, 1.54) is 12.8 Å². The lowest BCUT2D eigenvalue weighted by atomic mass is 10.2. The van der Waals surface area contributed by atoms with Crippen molar-refractivity contribution in [2.75, 3.05) is 30.6 Å². The van der Waals surface area contributed by atoms with Crippen molar-refractivity contribution in [1.82, 2.24) is 5.32 Å². The summed E-state index contributed by atoms with van der Waals surface area (Å²) < 4.78 is 39.7. The monoisotopic (exact) mass is 474 g/mol. The molecule has 0 aromatic heterocycles. The zero-order valence-electron chi connectivity index (χ0n) is 19.5. The average Bonchev–Trinajstić information content (AvgIpc) is 3.32. The molecule has 2 aromatic carbocycles. The maximum atomic E-state index is 13.5. The molecule has 1 saturated carbocycles. The molecule has 33 heavy (non-hydrogen) atoms. The van der Waals surface area contributed by atoms with Crippen LogP contribution in [0.2, 0.25) is 0 Å². The highest BCUT2D eigenvalue weighted by Crippen LogP contribution is 2.32. The first-order valence-corrected chi connectivity index (χ1v) is 13.1. The Morgan fingerprint density at radius 1 is 1.09 bits per heavy atom. The van der Waals surface area contributed by atoms with Crippen LogP contribution in [0.5, 0.6) is 5.75 Å². The summed E-state index contributed by atoms with van der Waals surface area (Å²) in [4.78, 5) is 12.9. The number of anilines is 1. The second-order valence-corrected chi connectivity index (χ2v) is 10.1. The Labute approximate surface area is 197 Å². The van der Waals surface area contributed by atoms with Crippen LogP contribution in [0.3, 0.4) is 0 Å². The van der Waals surface area contributed by atoms with Crippen molar-refractivity contribution < 1.29 is 22.7 Å². The van der Waals surface area contributed by atoms with Crippen LogP contribution < -0.4 is 14.4 Å². The number of para-hydroxylation sites is 2. The van der Waals surface area contributed by atoms with E-state index in [-0.39, 0.29) is 17.3 Å². The third-order valence-electron chi connectivity index (χ3n) is 5.63. The van der Waals surface area contributed by atoms with Gasteiger partial charge in [0.2, 0.25) is 5.91 Å². The van der Waals surface area contributed by atoms with Crippen molar-refractivity contribution in [2.24, 2.45) is 0 Å². The van der Waals surface area contributed by atoms with Crippen LogP contribution in [0.1, 0.15) is 44.6 Å². The summed E-state index contributed by atoms with van der Waals surface area (Å²) in [7, 11) is -3.99. The van der Waals surface area contributed by atoms with Gasteiger partial charge in [0.1, 0.15) is 12.3 Å². The predicted molar refractivity (Wildman–Crippen MR) is 129 cm³/mol. The van der Waals surface area contributed by atoms with Crippen molar-refractivity contribution in [2.45, 2.75) is 57.0 Å². The molecule has 1 amide bonds. The first-order valence-electron chi connectivity index (χ1n) is 11.6. The van der Waals surface area contributed by atoms with Crippen LogP contribution in [0.25, 0.3) is 0 Å². The molecule has 0 aliphatic heterocycles. The SMILES string of the molecule is CCOc1ccccc1N(CC(=O)NCCCOC1CCCC1)S(=O)(=O)c1ccc(C)cc1. The highest BCUT2D eigenvalue weighted by atomic mass is 32.2. The summed E-state index contributed by atoms with van der Waals surface area (Å²) in [6, 6.07) is 13.4. The largest absolute Gasteiger partial charge is 0.492 e. The second-order valence-electron chi connectivity index (χ2n) is 8.21. The molecule has 0 saturated heterocycles. The number of nitrogens with zero attached hydrogens (tertiary/aromatic N) is 1. The van der Waals surface area contributed by atoms with Crippen molar-refractivity contribution in [3.05, 3.63) is 54.1 Å². The Balaban J connectivity index is 1.72. The van der Waals surface area contributed by atoms with Gasteiger partial charge < -0.3 is 14.8 Å². The quantitative estimate of drug-likeness (QED) is 0.469. The van der Waals surface area contributed by atoms with Crippen LogP contribution in [-0.2, 0) is 19.6 Å². The van der Waals surface area contributed by atoms with Gasteiger partial charge in [-0.1, -0.05) is 42.7 Å². The van der Waals surface area contributed by atoms with Gasteiger partial charge in [-0.25, -0.2) is 8.42 Å². The van der Waals surface area contributed by atoms with Crippen LogP contribution in [0, 0.1) is 6.92 Å². The molecule has 1 fully saturated rings. The number of nitrogens with one attached hydrogen (secondary N) is 1. The fourth-order valence-corrected chi connectivity index (χ4v) is 5.30. The minimum atomic E-state index is -3.99. The molecule has 2 aromatic rings. The lowest BCUT2D eigenvalue weighted by Crippen LogP contribution is -2.41. The van der Waals surface area contributed by atoms with Crippen LogP contribution in [-0.4, -0.2) is 46.7 Å². The van der Waals surface area contributed by atoms with Crippen molar-refractivity contribution in [3.8, 4) is 5.75 Å². The lowest BCUT2D eigenvalue weighted by molar-refractivity contribution is -0.119. The van der Waals surface area contributed by atoms with Gasteiger partial charge in [0.15, 0.2) is 0 Å². The summed E-state index contributed by atoms with van der Waals surface area (Å²) in [6.45, 7) is 4.77. The molecule has 3 rings (SSSR count). The van der Waals surface area contributed by atoms with E-state index in [4.69, 9.17) is 9.47 Å². The fourth-order valence-electron chi connectivity index (χ4n) is 3.87. The Kier molecular flexibility index (Phi) is 9.14. The van der Waals surface area contributed by atoms with E-state index in [0.29, 0.717) is 43.7 Å². The summed E-state index contributed by atoms with van der Waals surface area (Å²) in [5, 5.41) is 2.83. The number of rotatable bonds is 12. The normalized spacial score (nSPS) is 14.2. The first kappa shape index (κ1) is 25.1. The number of hydrogen-bond donors (Lipinski definition) is 1. The average molecular weight is 475 g/mol. The number of hydrogen-bond acceptors (Lipinski definition) is 5. The molecule has 8 heteroatoms. The van der Waals surface area contributed by atoms with E-state index in [2.05, 4.69) is 5.32 Å². The van der Waals surface area contributed by atoms with E-state index in [1.807, 2.05) is 13.8 Å². The summed E-state index contributed by atoms with van der Waals surface area (Å²) in [6.07, 6.45) is 5.68. The molecule has 0 radical (unpaired) electrons. The third-order valence-corrected chi connectivity index (χ3v) is 7.40. The summed E-state index contributed by atoms with van der Waals surface area (Å²) in [5.41, 5.74) is 1.28. The number of carbonyl (C=O) groups excluding carboxylic acids is 1. The molecule has 0 heterocycles. The fraction of sp³-hybridized carbons (Fsp3) is 0.480. The summed E-state index contributed by atoms with van der Waals surface area (Å²) >= 11 is 0. The van der Waals surface area contributed by atoms with Gasteiger partial charge in [-0.15, -0.1) is 0 Å². The van der Waals surface area contributed by atoms with Gasteiger partial charge in [-0.2, -0.15) is 0 Å². The first-order chi connectivity index (χ1) is 15.9. The number of amides is 1. The molecule has 0 atom stereocenters. The van der Waals surface area contributed by atoms with Crippen LogP contribution in [0.15, 0.2) is 53.4 Å². The van der Waals surface area contributed by atoms with Gasteiger partial charge in [-0.05, 0) is 57.4 Å². The zero-order chi connectivity index (χ0) is 23.7. The van der Waals surface area contributed by atoms with E-state index >= 15 is 0 Å². The number of ether oxygens (including phenoxy) is 2. The van der Waals surface area contributed by atoms with Crippen molar-refractivity contribution in [1.29, 1.82) is 0 Å². The molecular formula is C25H34N2O5S. The van der Waals surface area contributed by atoms with Crippen LogP contribution >= 0.6 is 0 Å². The third kappa shape index (κ3) is 6.95. The van der Waals surface area contributed by atoms with E-state index in [0.717, 1.165) is 22.7 Å². The van der Waals surface area contributed by atoms with E-state index in [9.17, 15) is 13.2 Å². The van der Waals surface area contributed by atoms with Crippen LogP contribution in [0.4, 0.5) is 5.69 Å². The van der Waals surface area contributed by atoms with E-state index in [1.54, 1.807) is 48.5 Å². The number of sulfonamides is 1. The van der Waals surface area contributed by atoms with Gasteiger partial charge >= 0.3 is 0 Å². The molecule has 1 aliphatic rings. The minimum Gasteiger partial charge on any atom is -0.492 e. The molecule has 0 unspecified atom stereocenters. The van der Waals surface area contributed by atoms with Gasteiger partial charge in [0.25, 0.3) is 10.0 Å². The molecule has 1 aliphatic carbocycles. The topological polar surface area (TPSA) is 84.9 Å². The molecule has 0 bridgehead atoms. The Hall–Kier alpha value is -2.58. The standard InChI is InChI=1S/C25H34N2O5S/c1-3-31-24-12-7-6-11-23(24)27(33(29,30)22-15-13-20(2)14-16-22)19-25(28)26-17-8-18-32-21-9-4-5-10-21/h6-7,11-16,21H,3-5,8-10,17-19H2,1-2H3,(H,26,28). The Morgan fingerprint density at radius 3 is 2.48 bits per heavy atom. The van der Waals surface area contributed by atoms with E-state index < -0.39 is 10.0 Å². The maximum Gasteiger partial charge on any atom is 0.264 e. The van der Waals surface area contributed by atoms with Crippen molar-refractivity contribution in [3.63, 3.8) is 0 Å². The lowest BCUT2D eigenvalue weighted by Gasteiger charge is -2.26. The number of benzene rings is 2. The molecular weight excluding hydrogens is 440 g/mol. The minimum absolute atomic E-state index is 0.122. The highest BCUT2D eigenvalue weighted by molar-refractivity contribution is 7.92. The summed E-state index contributed by atoms with van der Waals surface area (Å²) in [5.74, 6) is 0.0336. The number of aryl methyl sites for hydroxylation is 1. The molecule has 180 valence electrons. The highest BCUT2D eigenvalue weighted by Gasteiger charge is 2.29. The maximum absolute atomic E-state index is 13.5. The molecule has 1 N–H and O–H groups in total.